The van der Waals surface area contributed by atoms with Gasteiger partial charge in [-0.15, -0.1) is 0 Å². The Morgan fingerprint density at radius 1 is 1.00 bits per heavy atom. The number of amides is 1. The first-order valence-corrected chi connectivity index (χ1v) is 9.53. The number of hydrogen-bond acceptors (Lipinski definition) is 7. The Morgan fingerprint density at radius 2 is 1.73 bits per heavy atom. The molecule has 1 aliphatic heterocycles. The molecular weight excluding hydrogens is 388 g/mol. The van der Waals surface area contributed by atoms with Crippen molar-refractivity contribution in [2.75, 3.05) is 35.0 Å². The van der Waals surface area contributed by atoms with Gasteiger partial charge in [-0.3, -0.25) is 4.79 Å². The number of methoxy groups -OCH3 is 4. The maximum atomic E-state index is 12.5. The molecule has 0 aliphatic carbocycles. The molecule has 160 valence electrons. The van der Waals surface area contributed by atoms with E-state index in [1.165, 1.54) is 0 Å². The van der Waals surface area contributed by atoms with E-state index < -0.39 is 6.10 Å². The standard InChI is InChI=1S/C22H26N2O6/c1-26-15-6-8-18(27-2)16(12-15)17-13-21(30-24-17)22(25)23-10-9-14-5-7-19(28-3)20(11-14)29-4/h5-8,11-12,21H,9-10,13H2,1-4H3,(H,23,25)/t21-/m1/s1. The Morgan fingerprint density at radius 3 is 2.43 bits per heavy atom. The molecule has 8 nitrogen and oxygen atoms in total. The number of carbonyl (C=O) groups is 1. The summed E-state index contributed by atoms with van der Waals surface area (Å²) in [5, 5.41) is 6.99. The summed E-state index contributed by atoms with van der Waals surface area (Å²) >= 11 is 0. The number of carbonyl (C=O) groups excluding carboxylic acids is 1. The zero-order chi connectivity index (χ0) is 21.5. The summed E-state index contributed by atoms with van der Waals surface area (Å²) in [5.74, 6) is 2.44. The molecular formula is C22H26N2O6. The Balaban J connectivity index is 1.55. The Bertz CT molecular complexity index is 928. The lowest BCUT2D eigenvalue weighted by atomic mass is 10.0. The number of rotatable bonds is 9. The van der Waals surface area contributed by atoms with Gasteiger partial charge in [-0.05, 0) is 42.3 Å². The SMILES string of the molecule is COc1ccc(OC)c(C2=NO[C@@H](C(=O)NCCc3ccc(OC)c(OC)c3)C2)c1. The van der Waals surface area contributed by atoms with E-state index in [2.05, 4.69) is 10.5 Å². The highest BCUT2D eigenvalue weighted by Crippen LogP contribution is 2.29. The second-order valence-electron chi connectivity index (χ2n) is 6.63. The number of ether oxygens (including phenoxy) is 4. The molecule has 2 aromatic rings. The largest absolute Gasteiger partial charge is 0.497 e. The fraction of sp³-hybridized carbons (Fsp3) is 0.364. The number of nitrogens with zero attached hydrogens (tertiary/aromatic N) is 1. The molecule has 3 rings (SSSR count). The third-order valence-electron chi connectivity index (χ3n) is 4.84. The highest BCUT2D eigenvalue weighted by molar-refractivity contribution is 6.06. The van der Waals surface area contributed by atoms with Crippen molar-refractivity contribution in [1.29, 1.82) is 0 Å². The molecule has 0 radical (unpaired) electrons. The van der Waals surface area contributed by atoms with Gasteiger partial charge in [-0.25, -0.2) is 0 Å². The first kappa shape index (κ1) is 21.3. The van der Waals surface area contributed by atoms with Crippen LogP contribution in [0.3, 0.4) is 0 Å². The van der Waals surface area contributed by atoms with Crippen LogP contribution in [-0.4, -0.2) is 52.7 Å². The van der Waals surface area contributed by atoms with Crippen molar-refractivity contribution in [2.24, 2.45) is 5.16 Å². The van der Waals surface area contributed by atoms with Crippen LogP contribution in [0.25, 0.3) is 0 Å². The topological polar surface area (TPSA) is 87.6 Å². The van der Waals surface area contributed by atoms with Gasteiger partial charge in [-0.1, -0.05) is 11.2 Å². The molecule has 1 heterocycles. The lowest BCUT2D eigenvalue weighted by molar-refractivity contribution is -0.131. The van der Waals surface area contributed by atoms with Gasteiger partial charge in [0, 0.05) is 18.5 Å². The lowest BCUT2D eigenvalue weighted by Crippen LogP contribution is -2.36. The third kappa shape index (κ3) is 4.76. The van der Waals surface area contributed by atoms with E-state index in [1.807, 2.05) is 24.3 Å². The van der Waals surface area contributed by atoms with E-state index in [0.29, 0.717) is 48.1 Å². The summed E-state index contributed by atoms with van der Waals surface area (Å²) in [7, 11) is 6.36. The Labute approximate surface area is 175 Å². The maximum absolute atomic E-state index is 12.5. The molecule has 0 unspecified atom stereocenters. The summed E-state index contributed by atoms with van der Waals surface area (Å²) in [6.07, 6.45) is 0.323. The molecule has 1 atom stereocenters. The van der Waals surface area contributed by atoms with Gasteiger partial charge in [0.1, 0.15) is 11.5 Å². The number of benzene rings is 2. The molecule has 0 fully saturated rings. The van der Waals surface area contributed by atoms with Gasteiger partial charge in [-0.2, -0.15) is 0 Å². The second-order valence-corrected chi connectivity index (χ2v) is 6.63. The minimum atomic E-state index is -0.679. The molecule has 0 spiro atoms. The van der Waals surface area contributed by atoms with Gasteiger partial charge < -0.3 is 29.1 Å². The smallest absolute Gasteiger partial charge is 0.264 e. The van der Waals surface area contributed by atoms with Crippen molar-refractivity contribution in [1.82, 2.24) is 5.32 Å². The van der Waals surface area contributed by atoms with Crippen LogP contribution in [0.4, 0.5) is 0 Å². The maximum Gasteiger partial charge on any atom is 0.264 e. The van der Waals surface area contributed by atoms with Crippen molar-refractivity contribution >= 4 is 11.6 Å². The molecule has 2 aromatic carbocycles. The molecule has 1 amide bonds. The molecule has 0 bridgehead atoms. The molecule has 0 saturated carbocycles. The fourth-order valence-corrected chi connectivity index (χ4v) is 3.20. The third-order valence-corrected chi connectivity index (χ3v) is 4.84. The summed E-state index contributed by atoms with van der Waals surface area (Å²) < 4.78 is 21.2. The predicted octanol–water partition coefficient (Wildman–Crippen LogP) is 2.57. The fourth-order valence-electron chi connectivity index (χ4n) is 3.20. The van der Waals surface area contributed by atoms with Crippen LogP contribution in [0.5, 0.6) is 23.0 Å². The van der Waals surface area contributed by atoms with E-state index in [1.54, 1.807) is 40.6 Å². The van der Waals surface area contributed by atoms with E-state index in [-0.39, 0.29) is 5.91 Å². The van der Waals surface area contributed by atoms with Crippen molar-refractivity contribution in [2.45, 2.75) is 18.9 Å². The van der Waals surface area contributed by atoms with Gasteiger partial charge in [0.05, 0.1) is 34.2 Å². The summed E-state index contributed by atoms with van der Waals surface area (Å²) in [5.41, 5.74) is 2.42. The van der Waals surface area contributed by atoms with Crippen molar-refractivity contribution in [3.05, 3.63) is 47.5 Å². The lowest BCUT2D eigenvalue weighted by Gasteiger charge is -2.12. The van der Waals surface area contributed by atoms with Crippen LogP contribution in [-0.2, 0) is 16.1 Å². The minimum absolute atomic E-state index is 0.212. The summed E-state index contributed by atoms with van der Waals surface area (Å²) in [6, 6.07) is 11.1. The zero-order valence-electron chi connectivity index (χ0n) is 17.6. The van der Waals surface area contributed by atoms with Gasteiger partial charge in [0.25, 0.3) is 5.91 Å². The van der Waals surface area contributed by atoms with Crippen LogP contribution < -0.4 is 24.3 Å². The average Bonchev–Trinajstić information content (AvgIpc) is 3.28. The molecule has 0 saturated heterocycles. The van der Waals surface area contributed by atoms with E-state index in [4.69, 9.17) is 23.8 Å². The minimum Gasteiger partial charge on any atom is -0.497 e. The van der Waals surface area contributed by atoms with Gasteiger partial charge in [0.2, 0.25) is 6.10 Å². The molecule has 30 heavy (non-hydrogen) atoms. The molecule has 8 heteroatoms. The van der Waals surface area contributed by atoms with Gasteiger partial charge in [0.15, 0.2) is 11.5 Å². The first-order valence-electron chi connectivity index (χ1n) is 9.53. The van der Waals surface area contributed by atoms with E-state index in [0.717, 1.165) is 11.1 Å². The second kappa shape index (κ2) is 9.87. The summed E-state index contributed by atoms with van der Waals surface area (Å²) in [6.45, 7) is 0.464. The van der Waals surface area contributed by atoms with Crippen LogP contribution in [0.2, 0.25) is 0 Å². The van der Waals surface area contributed by atoms with Crippen LogP contribution in [0, 0.1) is 0 Å². The van der Waals surface area contributed by atoms with Crippen LogP contribution >= 0.6 is 0 Å². The monoisotopic (exact) mass is 414 g/mol. The molecule has 1 N–H and O–H groups in total. The van der Waals surface area contributed by atoms with Crippen LogP contribution in [0.15, 0.2) is 41.6 Å². The van der Waals surface area contributed by atoms with Crippen LogP contribution in [0.1, 0.15) is 17.5 Å². The highest BCUT2D eigenvalue weighted by atomic mass is 16.6. The zero-order valence-corrected chi connectivity index (χ0v) is 17.6. The van der Waals surface area contributed by atoms with Crippen molar-refractivity contribution < 1.29 is 28.6 Å². The average molecular weight is 414 g/mol. The Kier molecular flexibility index (Phi) is 7.00. The van der Waals surface area contributed by atoms with E-state index >= 15 is 0 Å². The van der Waals surface area contributed by atoms with Crippen molar-refractivity contribution in [3.8, 4) is 23.0 Å². The summed E-state index contributed by atoms with van der Waals surface area (Å²) in [4.78, 5) is 17.9. The molecule has 1 aliphatic rings. The van der Waals surface area contributed by atoms with E-state index in [9.17, 15) is 4.79 Å². The van der Waals surface area contributed by atoms with Gasteiger partial charge >= 0.3 is 0 Å². The number of hydrogen-bond donors (Lipinski definition) is 1. The van der Waals surface area contributed by atoms with Crippen molar-refractivity contribution in [3.63, 3.8) is 0 Å². The highest BCUT2D eigenvalue weighted by Gasteiger charge is 2.30. The first-order chi connectivity index (χ1) is 14.6. The number of nitrogens with one attached hydrogen (secondary N) is 1. The molecule has 0 aromatic heterocycles. The quantitative estimate of drug-likeness (QED) is 0.679. The Hall–Kier alpha value is -3.42. The predicted molar refractivity (Wildman–Crippen MR) is 112 cm³/mol. The normalized spacial score (nSPS) is 15.1. The number of oxime groups is 1.